The lowest BCUT2D eigenvalue weighted by Crippen LogP contribution is -2.03. The molecule has 0 unspecified atom stereocenters. The summed E-state index contributed by atoms with van der Waals surface area (Å²) in [7, 11) is 0. The first kappa shape index (κ1) is 22.6. The van der Waals surface area contributed by atoms with Gasteiger partial charge in [0.1, 0.15) is 11.6 Å². The van der Waals surface area contributed by atoms with E-state index in [2.05, 4.69) is 20.6 Å². The van der Waals surface area contributed by atoms with Gasteiger partial charge in [-0.25, -0.2) is 9.97 Å². The molecule has 0 atom stereocenters. The molecule has 0 aliphatic heterocycles. The van der Waals surface area contributed by atoms with Crippen molar-refractivity contribution in [2.24, 2.45) is 0 Å². The predicted molar refractivity (Wildman–Crippen MR) is 133 cm³/mol. The zero-order valence-corrected chi connectivity index (χ0v) is 18.4. The summed E-state index contributed by atoms with van der Waals surface area (Å²) < 4.78 is 0. The normalized spacial score (nSPS) is 10.7. The van der Waals surface area contributed by atoms with E-state index in [0.29, 0.717) is 27.9 Å². The van der Waals surface area contributed by atoms with Crippen molar-refractivity contribution in [3.8, 4) is 0 Å². The Morgan fingerprint density at radius 3 is 2.12 bits per heavy atom. The molecule has 34 heavy (non-hydrogen) atoms. The van der Waals surface area contributed by atoms with Crippen molar-refractivity contribution >= 4 is 52.2 Å². The standard InChI is InChI=1S/C25H18ClN5O3/c26-18-6-8-19(9-7-18)29-24-17(3-1-15-27-24)5-14-23(32)22-4-2-16-28-25(22)30-20-10-12-21(13-11-20)31(33)34/h1-16H,(H,27,29)(H,28,30). The predicted octanol–water partition coefficient (Wildman–Crippen LogP) is 6.42. The van der Waals surface area contributed by atoms with Crippen molar-refractivity contribution in [3.05, 3.63) is 118 Å². The molecule has 0 bridgehead atoms. The Labute approximate surface area is 200 Å². The highest BCUT2D eigenvalue weighted by Gasteiger charge is 2.12. The Hall–Kier alpha value is -4.56. The van der Waals surface area contributed by atoms with Crippen molar-refractivity contribution in [2.75, 3.05) is 10.6 Å². The number of nitrogens with one attached hydrogen (secondary N) is 2. The Morgan fingerprint density at radius 2 is 1.44 bits per heavy atom. The van der Waals surface area contributed by atoms with Crippen LogP contribution in [0.5, 0.6) is 0 Å². The molecule has 0 saturated heterocycles. The summed E-state index contributed by atoms with van der Waals surface area (Å²) in [6.07, 6.45) is 6.34. The topological polar surface area (TPSA) is 110 Å². The molecule has 2 aromatic heterocycles. The zero-order valence-electron chi connectivity index (χ0n) is 17.7. The monoisotopic (exact) mass is 471 g/mol. The molecule has 0 fully saturated rings. The van der Waals surface area contributed by atoms with Crippen LogP contribution in [-0.4, -0.2) is 20.7 Å². The molecular formula is C25H18ClN5O3. The fourth-order valence-electron chi connectivity index (χ4n) is 3.09. The molecule has 2 aromatic carbocycles. The molecule has 2 N–H and O–H groups in total. The number of pyridine rings is 2. The summed E-state index contributed by atoms with van der Waals surface area (Å²) in [5.74, 6) is 0.666. The lowest BCUT2D eigenvalue weighted by molar-refractivity contribution is -0.384. The summed E-state index contributed by atoms with van der Waals surface area (Å²) in [4.78, 5) is 32.0. The number of ketones is 1. The number of rotatable bonds is 8. The van der Waals surface area contributed by atoms with Crippen LogP contribution in [-0.2, 0) is 0 Å². The van der Waals surface area contributed by atoms with Gasteiger partial charge in [-0.05, 0) is 72.8 Å². The second-order valence-corrected chi connectivity index (χ2v) is 7.54. The minimum absolute atomic E-state index is 0.0229. The summed E-state index contributed by atoms with van der Waals surface area (Å²) in [5.41, 5.74) is 2.44. The lowest BCUT2D eigenvalue weighted by Gasteiger charge is -2.10. The maximum atomic E-state index is 13.0. The highest BCUT2D eigenvalue weighted by molar-refractivity contribution is 6.30. The van der Waals surface area contributed by atoms with E-state index in [1.54, 1.807) is 60.9 Å². The van der Waals surface area contributed by atoms with Crippen LogP contribution >= 0.6 is 11.6 Å². The Kier molecular flexibility index (Phi) is 6.90. The average molecular weight is 472 g/mol. The number of nitro benzene ring substituents is 1. The largest absolute Gasteiger partial charge is 0.340 e. The lowest BCUT2D eigenvalue weighted by atomic mass is 10.1. The first-order valence-corrected chi connectivity index (χ1v) is 10.5. The van der Waals surface area contributed by atoms with Gasteiger partial charge in [0.25, 0.3) is 5.69 Å². The van der Waals surface area contributed by atoms with Crippen molar-refractivity contribution in [3.63, 3.8) is 0 Å². The van der Waals surface area contributed by atoms with Crippen LogP contribution in [0.1, 0.15) is 15.9 Å². The molecule has 4 rings (SSSR count). The third kappa shape index (κ3) is 5.62. The number of allylic oxidation sites excluding steroid dienone is 1. The van der Waals surface area contributed by atoms with Gasteiger partial charge in [0.15, 0.2) is 5.78 Å². The van der Waals surface area contributed by atoms with Gasteiger partial charge >= 0.3 is 0 Å². The van der Waals surface area contributed by atoms with Crippen LogP contribution in [0.25, 0.3) is 6.08 Å². The molecule has 0 aliphatic carbocycles. The number of non-ortho nitro benzene ring substituents is 1. The number of benzene rings is 2. The smallest absolute Gasteiger partial charge is 0.269 e. The third-order valence-corrected chi connectivity index (χ3v) is 5.03. The molecule has 2 heterocycles. The van der Waals surface area contributed by atoms with Gasteiger partial charge in [-0.2, -0.15) is 0 Å². The highest BCUT2D eigenvalue weighted by atomic mass is 35.5. The van der Waals surface area contributed by atoms with E-state index >= 15 is 0 Å². The molecular weight excluding hydrogens is 454 g/mol. The number of halogens is 1. The maximum absolute atomic E-state index is 13.0. The molecule has 0 saturated carbocycles. The Morgan fingerprint density at radius 1 is 0.853 bits per heavy atom. The Balaban J connectivity index is 1.53. The summed E-state index contributed by atoms with van der Waals surface area (Å²) in [5, 5.41) is 17.7. The van der Waals surface area contributed by atoms with Gasteiger partial charge in [0.2, 0.25) is 0 Å². The van der Waals surface area contributed by atoms with Gasteiger partial charge in [0, 0.05) is 46.5 Å². The molecule has 4 aromatic rings. The van der Waals surface area contributed by atoms with Gasteiger partial charge in [-0.15, -0.1) is 0 Å². The summed E-state index contributed by atoms with van der Waals surface area (Å²) >= 11 is 5.94. The second kappa shape index (κ2) is 10.4. The number of aromatic nitrogens is 2. The highest BCUT2D eigenvalue weighted by Crippen LogP contribution is 2.24. The van der Waals surface area contributed by atoms with Crippen molar-refractivity contribution < 1.29 is 9.72 Å². The minimum Gasteiger partial charge on any atom is -0.340 e. The van der Waals surface area contributed by atoms with Crippen LogP contribution in [0.15, 0.2) is 91.3 Å². The third-order valence-electron chi connectivity index (χ3n) is 4.77. The number of anilines is 4. The van der Waals surface area contributed by atoms with E-state index in [1.807, 2.05) is 18.2 Å². The molecule has 168 valence electrons. The average Bonchev–Trinajstić information content (AvgIpc) is 2.85. The van der Waals surface area contributed by atoms with Crippen LogP contribution in [0, 0.1) is 10.1 Å². The summed E-state index contributed by atoms with van der Waals surface area (Å²) in [6.45, 7) is 0. The van der Waals surface area contributed by atoms with Crippen LogP contribution in [0.2, 0.25) is 5.02 Å². The van der Waals surface area contributed by atoms with E-state index in [0.717, 1.165) is 11.3 Å². The molecule has 0 aliphatic rings. The van der Waals surface area contributed by atoms with Gasteiger partial charge < -0.3 is 10.6 Å². The molecule has 8 nitrogen and oxygen atoms in total. The number of nitrogens with zero attached hydrogens (tertiary/aromatic N) is 3. The molecule has 9 heteroatoms. The molecule has 0 spiro atoms. The number of carbonyl (C=O) groups is 1. The number of nitro groups is 1. The molecule has 0 amide bonds. The fourth-order valence-corrected chi connectivity index (χ4v) is 3.21. The van der Waals surface area contributed by atoms with E-state index in [1.165, 1.54) is 18.2 Å². The van der Waals surface area contributed by atoms with Crippen LogP contribution in [0.4, 0.5) is 28.7 Å². The van der Waals surface area contributed by atoms with Crippen molar-refractivity contribution in [1.29, 1.82) is 0 Å². The van der Waals surface area contributed by atoms with Crippen LogP contribution in [0.3, 0.4) is 0 Å². The van der Waals surface area contributed by atoms with Crippen LogP contribution < -0.4 is 10.6 Å². The van der Waals surface area contributed by atoms with E-state index in [4.69, 9.17) is 11.6 Å². The number of hydrogen-bond acceptors (Lipinski definition) is 7. The minimum atomic E-state index is -0.473. The Bertz CT molecular complexity index is 1360. The first-order valence-electron chi connectivity index (χ1n) is 10.2. The first-order chi connectivity index (χ1) is 16.5. The van der Waals surface area contributed by atoms with E-state index in [9.17, 15) is 14.9 Å². The SMILES string of the molecule is O=C(C=Cc1cccnc1Nc1ccc(Cl)cc1)c1cccnc1Nc1ccc([N+](=O)[O-])cc1. The van der Waals surface area contributed by atoms with Gasteiger partial charge in [0.05, 0.1) is 10.5 Å². The van der Waals surface area contributed by atoms with E-state index in [-0.39, 0.29) is 11.5 Å². The molecule has 0 radical (unpaired) electrons. The number of hydrogen-bond donors (Lipinski definition) is 2. The second-order valence-electron chi connectivity index (χ2n) is 7.10. The maximum Gasteiger partial charge on any atom is 0.269 e. The zero-order chi connectivity index (χ0) is 23.9. The summed E-state index contributed by atoms with van der Waals surface area (Å²) in [6, 6.07) is 20.0. The quantitative estimate of drug-likeness (QED) is 0.132. The number of carbonyl (C=O) groups excluding carboxylic acids is 1. The fraction of sp³-hybridized carbons (Fsp3) is 0. The van der Waals surface area contributed by atoms with E-state index < -0.39 is 4.92 Å². The van der Waals surface area contributed by atoms with Crippen molar-refractivity contribution in [2.45, 2.75) is 0 Å². The van der Waals surface area contributed by atoms with Gasteiger partial charge in [-0.3, -0.25) is 14.9 Å². The van der Waals surface area contributed by atoms with Gasteiger partial charge in [-0.1, -0.05) is 11.6 Å². The van der Waals surface area contributed by atoms with Crippen molar-refractivity contribution in [1.82, 2.24) is 9.97 Å².